The summed E-state index contributed by atoms with van der Waals surface area (Å²) in [5.74, 6) is 1.54. The molecule has 0 fully saturated rings. The van der Waals surface area contributed by atoms with Crippen molar-refractivity contribution in [2.24, 2.45) is 11.8 Å². The van der Waals surface area contributed by atoms with E-state index in [-0.39, 0.29) is 0 Å². The Kier molecular flexibility index (Phi) is 5.38. The fourth-order valence-electron chi connectivity index (χ4n) is 1.08. The topological polar surface area (TPSA) is 0 Å². The molecule has 0 aromatic rings. The molecule has 1 radical (unpaired) electrons. The van der Waals surface area contributed by atoms with Gasteiger partial charge in [-0.15, -0.1) is 0 Å². The van der Waals surface area contributed by atoms with E-state index in [1.807, 2.05) is 0 Å². The lowest BCUT2D eigenvalue weighted by molar-refractivity contribution is 0.453. The van der Waals surface area contributed by atoms with E-state index in [1.165, 1.54) is 6.42 Å². The molecule has 0 aliphatic heterocycles. The molecule has 1 atom stereocenters. The van der Waals surface area contributed by atoms with Gasteiger partial charge in [-0.3, -0.25) is 0 Å². The third-order valence-corrected chi connectivity index (χ3v) is 1.88. The molecule has 0 saturated heterocycles. The van der Waals surface area contributed by atoms with Crippen LogP contribution in [0.5, 0.6) is 0 Å². The van der Waals surface area contributed by atoms with Crippen LogP contribution in [-0.4, -0.2) is 0 Å². The minimum absolute atomic E-state index is 0.760. The first-order chi connectivity index (χ1) is 4.72. The average Bonchev–Trinajstić information content (AvgIpc) is 1.89. The predicted molar refractivity (Wildman–Crippen MR) is 47.7 cm³/mol. The summed E-state index contributed by atoms with van der Waals surface area (Å²) >= 11 is 0. The smallest absolute Gasteiger partial charge is 0.0201 e. The van der Waals surface area contributed by atoms with Crippen LogP contribution in [0.25, 0.3) is 0 Å². The van der Waals surface area contributed by atoms with Crippen molar-refractivity contribution in [1.82, 2.24) is 0 Å². The number of hydrogen-bond acceptors (Lipinski definition) is 0. The van der Waals surface area contributed by atoms with Gasteiger partial charge in [-0.05, 0) is 24.7 Å². The van der Waals surface area contributed by atoms with Crippen LogP contribution in [0.3, 0.4) is 0 Å². The van der Waals surface area contributed by atoms with Gasteiger partial charge in [0.2, 0.25) is 0 Å². The van der Waals surface area contributed by atoms with Crippen LogP contribution >= 0.6 is 0 Å². The van der Waals surface area contributed by atoms with Gasteiger partial charge in [0.1, 0.15) is 0 Å². The minimum Gasteiger partial charge on any atom is -0.0849 e. The highest BCUT2D eigenvalue weighted by molar-refractivity contribution is 4.96. The highest BCUT2D eigenvalue weighted by Gasteiger charge is 2.04. The zero-order valence-corrected chi connectivity index (χ0v) is 7.59. The van der Waals surface area contributed by atoms with Crippen molar-refractivity contribution in [3.05, 3.63) is 18.6 Å². The first-order valence-corrected chi connectivity index (χ1v) is 4.18. The van der Waals surface area contributed by atoms with Crippen LogP contribution < -0.4 is 0 Å². The normalized spacial score (nSPS) is 14.9. The minimum atomic E-state index is 0.760. The summed E-state index contributed by atoms with van der Waals surface area (Å²) in [5.41, 5.74) is 0. The Bertz CT molecular complexity index is 90.2. The van der Waals surface area contributed by atoms with Crippen molar-refractivity contribution in [3.63, 3.8) is 0 Å². The molecule has 0 spiro atoms. The van der Waals surface area contributed by atoms with Crippen LogP contribution in [0.2, 0.25) is 0 Å². The van der Waals surface area contributed by atoms with Crippen molar-refractivity contribution in [2.45, 2.75) is 34.1 Å². The molecule has 0 bridgehead atoms. The van der Waals surface area contributed by atoms with Gasteiger partial charge in [0.25, 0.3) is 0 Å². The Morgan fingerprint density at radius 1 is 1.30 bits per heavy atom. The molecule has 0 aliphatic carbocycles. The second-order valence-electron chi connectivity index (χ2n) is 3.03. The van der Waals surface area contributed by atoms with Crippen LogP contribution in [0, 0.1) is 18.3 Å². The fraction of sp³-hybridized carbons (Fsp3) is 0.700. The van der Waals surface area contributed by atoms with Crippen molar-refractivity contribution < 1.29 is 0 Å². The van der Waals surface area contributed by atoms with E-state index in [9.17, 15) is 0 Å². The molecule has 0 aromatic heterocycles. The second-order valence-corrected chi connectivity index (χ2v) is 3.03. The van der Waals surface area contributed by atoms with E-state index < -0.39 is 0 Å². The average molecular weight is 139 g/mol. The Labute approximate surface area is 65.3 Å². The SMILES string of the molecule is C[CH]/C=C/C(CC)C(C)C. The van der Waals surface area contributed by atoms with Crippen molar-refractivity contribution >= 4 is 0 Å². The second kappa shape index (κ2) is 5.52. The molecule has 0 heterocycles. The Balaban J connectivity index is 3.71. The van der Waals surface area contributed by atoms with Gasteiger partial charge in [0.05, 0.1) is 0 Å². The first-order valence-electron chi connectivity index (χ1n) is 4.18. The molecular weight excluding hydrogens is 120 g/mol. The van der Waals surface area contributed by atoms with E-state index >= 15 is 0 Å². The molecule has 10 heavy (non-hydrogen) atoms. The largest absolute Gasteiger partial charge is 0.0849 e. The van der Waals surface area contributed by atoms with Crippen LogP contribution in [-0.2, 0) is 0 Å². The first kappa shape index (κ1) is 9.74. The van der Waals surface area contributed by atoms with Gasteiger partial charge in [0, 0.05) is 0 Å². The van der Waals surface area contributed by atoms with Gasteiger partial charge in [-0.2, -0.15) is 0 Å². The molecule has 0 aromatic carbocycles. The third kappa shape index (κ3) is 3.71. The Morgan fingerprint density at radius 2 is 1.90 bits per heavy atom. The fourth-order valence-corrected chi connectivity index (χ4v) is 1.08. The molecule has 0 aliphatic rings. The zero-order chi connectivity index (χ0) is 7.98. The summed E-state index contributed by atoms with van der Waals surface area (Å²) in [6, 6.07) is 0. The van der Waals surface area contributed by atoms with E-state index in [1.54, 1.807) is 0 Å². The zero-order valence-electron chi connectivity index (χ0n) is 7.59. The predicted octanol–water partition coefficient (Wildman–Crippen LogP) is 3.45. The van der Waals surface area contributed by atoms with Crippen LogP contribution in [0.15, 0.2) is 12.2 Å². The van der Waals surface area contributed by atoms with E-state index in [4.69, 9.17) is 0 Å². The molecule has 0 rings (SSSR count). The molecule has 0 nitrogen and oxygen atoms in total. The standard InChI is InChI=1S/C10H19/c1-5-7-8-10(6-2)9(3)4/h5,7-10H,6H2,1-4H3/b8-7+. The summed E-state index contributed by atoms with van der Waals surface area (Å²) in [7, 11) is 0. The van der Waals surface area contributed by atoms with Crippen molar-refractivity contribution in [2.75, 3.05) is 0 Å². The number of hydrogen-bond donors (Lipinski definition) is 0. The van der Waals surface area contributed by atoms with Gasteiger partial charge in [-0.25, -0.2) is 0 Å². The molecule has 0 amide bonds. The lowest BCUT2D eigenvalue weighted by Crippen LogP contribution is -2.03. The van der Waals surface area contributed by atoms with Crippen LogP contribution in [0.4, 0.5) is 0 Å². The van der Waals surface area contributed by atoms with E-state index in [0.717, 1.165) is 11.8 Å². The molecule has 59 valence electrons. The lowest BCUT2D eigenvalue weighted by Gasteiger charge is -2.13. The van der Waals surface area contributed by atoms with E-state index in [2.05, 4.69) is 46.3 Å². The summed E-state index contributed by atoms with van der Waals surface area (Å²) in [6.07, 6.45) is 7.78. The summed E-state index contributed by atoms with van der Waals surface area (Å²) in [6.45, 7) is 8.84. The molecule has 0 N–H and O–H groups in total. The molecular formula is C10H19. The Morgan fingerprint density at radius 3 is 2.20 bits per heavy atom. The molecule has 0 heteroatoms. The molecule has 1 unspecified atom stereocenters. The van der Waals surface area contributed by atoms with Crippen molar-refractivity contribution in [1.29, 1.82) is 0 Å². The number of allylic oxidation sites excluding steroid dienone is 2. The maximum absolute atomic E-state index is 2.30. The van der Waals surface area contributed by atoms with Gasteiger partial charge < -0.3 is 0 Å². The van der Waals surface area contributed by atoms with Gasteiger partial charge >= 0.3 is 0 Å². The highest BCUT2D eigenvalue weighted by atomic mass is 14.1. The van der Waals surface area contributed by atoms with Gasteiger partial charge in [-0.1, -0.05) is 39.8 Å². The van der Waals surface area contributed by atoms with Crippen molar-refractivity contribution in [3.8, 4) is 0 Å². The highest BCUT2D eigenvalue weighted by Crippen LogP contribution is 2.15. The van der Waals surface area contributed by atoms with Crippen LogP contribution in [0.1, 0.15) is 34.1 Å². The maximum Gasteiger partial charge on any atom is -0.0201 e. The summed E-state index contributed by atoms with van der Waals surface area (Å²) in [4.78, 5) is 0. The maximum atomic E-state index is 2.30. The van der Waals surface area contributed by atoms with E-state index in [0.29, 0.717) is 0 Å². The summed E-state index contributed by atoms with van der Waals surface area (Å²) < 4.78 is 0. The number of rotatable bonds is 4. The molecule has 0 saturated carbocycles. The lowest BCUT2D eigenvalue weighted by atomic mass is 9.93. The quantitative estimate of drug-likeness (QED) is 0.559. The monoisotopic (exact) mass is 139 g/mol. The van der Waals surface area contributed by atoms with Gasteiger partial charge in [0.15, 0.2) is 0 Å². The summed E-state index contributed by atoms with van der Waals surface area (Å²) in [5, 5.41) is 0. The Hall–Kier alpha value is -0.260. The third-order valence-electron chi connectivity index (χ3n) is 1.88.